The highest BCUT2D eigenvalue weighted by Crippen LogP contribution is 2.32. The number of hydrogen-bond donors (Lipinski definition) is 1. The summed E-state index contributed by atoms with van der Waals surface area (Å²) in [4.78, 5) is 26.9. The molecule has 0 bridgehead atoms. The molecule has 1 aliphatic heterocycles. The van der Waals surface area contributed by atoms with Crippen molar-refractivity contribution in [3.63, 3.8) is 0 Å². The van der Waals surface area contributed by atoms with Gasteiger partial charge in [-0.25, -0.2) is 0 Å². The molecule has 2 fully saturated rings. The van der Waals surface area contributed by atoms with Crippen LogP contribution in [0.25, 0.3) is 0 Å². The van der Waals surface area contributed by atoms with E-state index in [0.29, 0.717) is 18.3 Å². The summed E-state index contributed by atoms with van der Waals surface area (Å²) >= 11 is 0. The van der Waals surface area contributed by atoms with Crippen molar-refractivity contribution >= 4 is 11.8 Å². The minimum atomic E-state index is -0.320. The predicted molar refractivity (Wildman–Crippen MR) is 83.7 cm³/mol. The Morgan fingerprint density at radius 2 is 2.00 bits per heavy atom. The van der Waals surface area contributed by atoms with E-state index in [1.54, 1.807) is 0 Å². The van der Waals surface area contributed by atoms with Gasteiger partial charge in [-0.2, -0.15) is 0 Å². The van der Waals surface area contributed by atoms with Crippen LogP contribution >= 0.6 is 0 Å². The second-order valence-corrected chi connectivity index (χ2v) is 7.39. The molecule has 0 radical (unpaired) electrons. The zero-order valence-corrected chi connectivity index (χ0v) is 13.9. The summed E-state index contributed by atoms with van der Waals surface area (Å²) in [5.41, 5.74) is 0. The maximum Gasteiger partial charge on any atom is 0.245 e. The maximum atomic E-state index is 12.8. The summed E-state index contributed by atoms with van der Waals surface area (Å²) < 4.78 is 0. The third-order valence-electron chi connectivity index (χ3n) is 4.93. The van der Waals surface area contributed by atoms with Crippen molar-refractivity contribution in [2.24, 2.45) is 17.8 Å². The summed E-state index contributed by atoms with van der Waals surface area (Å²) in [5, 5.41) is 2.93. The monoisotopic (exact) mass is 294 g/mol. The average Bonchev–Trinajstić information content (AvgIpc) is 2.80. The van der Waals surface area contributed by atoms with E-state index in [1.165, 1.54) is 19.3 Å². The Morgan fingerprint density at radius 3 is 2.52 bits per heavy atom. The Morgan fingerprint density at radius 1 is 1.29 bits per heavy atom. The number of nitrogens with zero attached hydrogens (tertiary/aromatic N) is 1. The molecule has 2 amide bonds. The van der Waals surface area contributed by atoms with E-state index in [1.807, 2.05) is 11.8 Å². The maximum absolute atomic E-state index is 12.8. The van der Waals surface area contributed by atoms with Gasteiger partial charge in [-0.1, -0.05) is 34.1 Å². The first kappa shape index (κ1) is 16.3. The molecular weight excluding hydrogens is 264 g/mol. The van der Waals surface area contributed by atoms with Crippen molar-refractivity contribution in [2.45, 2.75) is 71.9 Å². The van der Waals surface area contributed by atoms with E-state index in [-0.39, 0.29) is 23.9 Å². The van der Waals surface area contributed by atoms with Crippen LogP contribution in [0.5, 0.6) is 0 Å². The van der Waals surface area contributed by atoms with E-state index in [2.05, 4.69) is 26.1 Å². The van der Waals surface area contributed by atoms with E-state index in [0.717, 1.165) is 18.9 Å². The van der Waals surface area contributed by atoms with Crippen molar-refractivity contribution in [3.8, 4) is 0 Å². The minimum absolute atomic E-state index is 0.0359. The number of carbonyl (C=O) groups excluding carboxylic acids is 2. The van der Waals surface area contributed by atoms with Crippen LogP contribution in [0.15, 0.2) is 0 Å². The van der Waals surface area contributed by atoms with Crippen molar-refractivity contribution in [3.05, 3.63) is 0 Å². The zero-order valence-electron chi connectivity index (χ0n) is 13.9. The highest BCUT2D eigenvalue weighted by molar-refractivity contribution is 5.96. The Labute approximate surface area is 128 Å². The fraction of sp³-hybridized carbons (Fsp3) is 0.882. The van der Waals surface area contributed by atoms with Crippen LogP contribution < -0.4 is 5.32 Å². The summed E-state index contributed by atoms with van der Waals surface area (Å²) in [7, 11) is 0. The van der Waals surface area contributed by atoms with Gasteiger partial charge >= 0.3 is 0 Å². The number of nitrogens with one attached hydrogen (secondary N) is 1. The van der Waals surface area contributed by atoms with Crippen LogP contribution in [-0.2, 0) is 9.59 Å². The molecule has 0 aromatic carbocycles. The zero-order chi connectivity index (χ0) is 15.6. The van der Waals surface area contributed by atoms with E-state index in [4.69, 9.17) is 0 Å². The second kappa shape index (κ2) is 6.80. The molecule has 1 saturated carbocycles. The summed E-state index contributed by atoms with van der Waals surface area (Å²) in [6, 6.07) is -0.587. The highest BCUT2D eigenvalue weighted by Gasteiger charge is 2.40. The van der Waals surface area contributed by atoms with Gasteiger partial charge in [-0.05, 0) is 43.4 Å². The molecule has 2 aliphatic rings. The molecule has 1 N–H and O–H groups in total. The van der Waals surface area contributed by atoms with Crippen LogP contribution in [-0.4, -0.2) is 35.3 Å². The van der Waals surface area contributed by atoms with Gasteiger partial charge in [0.05, 0.1) is 0 Å². The van der Waals surface area contributed by atoms with Crippen molar-refractivity contribution in [1.82, 2.24) is 10.2 Å². The first-order chi connectivity index (χ1) is 9.92. The Hall–Kier alpha value is -1.06. The van der Waals surface area contributed by atoms with Crippen molar-refractivity contribution in [1.29, 1.82) is 0 Å². The normalized spacial score (nSPS) is 33.7. The quantitative estimate of drug-likeness (QED) is 0.847. The van der Waals surface area contributed by atoms with Gasteiger partial charge in [-0.15, -0.1) is 0 Å². The Balaban J connectivity index is 2.08. The molecule has 4 nitrogen and oxygen atoms in total. The number of piperazine rings is 1. The van der Waals surface area contributed by atoms with E-state index < -0.39 is 0 Å². The summed E-state index contributed by atoms with van der Waals surface area (Å²) in [6.45, 7) is 9.22. The van der Waals surface area contributed by atoms with Crippen LogP contribution in [0.3, 0.4) is 0 Å². The number of carbonyl (C=O) groups is 2. The highest BCUT2D eigenvalue weighted by atomic mass is 16.2. The average molecular weight is 294 g/mol. The molecule has 120 valence electrons. The molecule has 1 aliphatic carbocycles. The molecule has 1 heterocycles. The topological polar surface area (TPSA) is 49.4 Å². The Kier molecular flexibility index (Phi) is 5.28. The molecule has 1 saturated heterocycles. The van der Waals surface area contributed by atoms with Crippen LogP contribution in [0.2, 0.25) is 0 Å². The van der Waals surface area contributed by atoms with Gasteiger partial charge in [0.2, 0.25) is 11.8 Å². The molecular formula is C17H30N2O2. The number of rotatable bonds is 5. The Bertz CT molecular complexity index is 394. The molecule has 4 unspecified atom stereocenters. The fourth-order valence-electron chi connectivity index (χ4n) is 3.85. The first-order valence-corrected chi connectivity index (χ1v) is 8.53. The number of hydrogen-bond acceptors (Lipinski definition) is 2. The summed E-state index contributed by atoms with van der Waals surface area (Å²) in [6.07, 6.45) is 5.08. The fourth-order valence-corrected chi connectivity index (χ4v) is 3.85. The third-order valence-corrected chi connectivity index (χ3v) is 4.93. The minimum Gasteiger partial charge on any atom is -0.342 e. The van der Waals surface area contributed by atoms with Crippen molar-refractivity contribution in [2.75, 3.05) is 6.54 Å². The lowest BCUT2D eigenvalue weighted by Gasteiger charge is -2.40. The van der Waals surface area contributed by atoms with Gasteiger partial charge in [0, 0.05) is 6.54 Å². The van der Waals surface area contributed by atoms with Gasteiger partial charge < -0.3 is 10.2 Å². The molecule has 21 heavy (non-hydrogen) atoms. The lowest BCUT2D eigenvalue weighted by molar-refractivity contribution is -0.150. The van der Waals surface area contributed by atoms with Gasteiger partial charge in [-0.3, -0.25) is 9.59 Å². The van der Waals surface area contributed by atoms with Crippen LogP contribution in [0, 0.1) is 17.8 Å². The van der Waals surface area contributed by atoms with Crippen LogP contribution in [0.1, 0.15) is 59.8 Å². The third kappa shape index (κ3) is 3.78. The molecule has 0 spiro atoms. The van der Waals surface area contributed by atoms with Gasteiger partial charge in [0.1, 0.15) is 12.1 Å². The van der Waals surface area contributed by atoms with E-state index in [9.17, 15) is 9.59 Å². The molecule has 2 rings (SSSR count). The molecule has 0 aromatic rings. The van der Waals surface area contributed by atoms with Gasteiger partial charge in [0.15, 0.2) is 0 Å². The number of amides is 2. The smallest absolute Gasteiger partial charge is 0.245 e. The first-order valence-electron chi connectivity index (χ1n) is 8.53. The molecule has 4 heteroatoms. The second-order valence-electron chi connectivity index (χ2n) is 7.39. The standard InChI is InChI=1S/C17H30N2O2/c1-5-15-16(20)18-14(8-11(2)3)17(21)19(15)10-13-7-6-12(4)9-13/h11-15H,5-10H2,1-4H3,(H,18,20). The summed E-state index contributed by atoms with van der Waals surface area (Å²) in [5.74, 6) is 1.91. The van der Waals surface area contributed by atoms with Crippen molar-refractivity contribution < 1.29 is 9.59 Å². The lowest BCUT2D eigenvalue weighted by atomic mass is 9.95. The van der Waals surface area contributed by atoms with Gasteiger partial charge in [0.25, 0.3) is 0 Å². The predicted octanol–water partition coefficient (Wildman–Crippen LogP) is 2.57. The molecule has 0 aromatic heterocycles. The lowest BCUT2D eigenvalue weighted by Crippen LogP contribution is -2.64. The van der Waals surface area contributed by atoms with Crippen LogP contribution in [0.4, 0.5) is 0 Å². The largest absolute Gasteiger partial charge is 0.342 e. The molecule has 4 atom stereocenters. The van der Waals surface area contributed by atoms with E-state index >= 15 is 0 Å². The SMILES string of the molecule is CCC1C(=O)NC(CC(C)C)C(=O)N1CC1CCC(C)C1.